The fourth-order valence-electron chi connectivity index (χ4n) is 2.68. The van der Waals surface area contributed by atoms with E-state index in [0.29, 0.717) is 21.4 Å². The maximum Gasteiger partial charge on any atom is 0.256 e. The molecule has 0 bridgehead atoms. The van der Waals surface area contributed by atoms with Crippen LogP contribution in [0.4, 0.5) is 11.4 Å². The molecule has 1 fully saturated rings. The number of imide groups is 1. The number of aryl methyl sites for hydroxylation is 1. The van der Waals surface area contributed by atoms with Crippen molar-refractivity contribution in [2.24, 2.45) is 0 Å². The summed E-state index contributed by atoms with van der Waals surface area (Å²) in [5.41, 5.74) is 2.41. The van der Waals surface area contributed by atoms with E-state index in [0.717, 1.165) is 12.0 Å². The van der Waals surface area contributed by atoms with E-state index >= 15 is 0 Å². The predicted octanol–water partition coefficient (Wildman–Crippen LogP) is 4.30. The molecule has 2 amide bonds. The highest BCUT2D eigenvalue weighted by molar-refractivity contribution is 6.42. The maximum atomic E-state index is 12.6. The molecule has 0 aromatic heterocycles. The number of nitrogens with zero attached hydrogens (tertiary/aromatic N) is 1. The van der Waals surface area contributed by atoms with Gasteiger partial charge in [0.15, 0.2) is 0 Å². The van der Waals surface area contributed by atoms with Crippen LogP contribution in [0.25, 0.3) is 0 Å². The minimum Gasteiger partial charge on any atom is -0.373 e. The van der Waals surface area contributed by atoms with Crippen LogP contribution in [-0.4, -0.2) is 17.9 Å². The normalized spacial score (nSPS) is 17.5. The number of carbonyl (C=O) groups excluding carboxylic acids is 2. The molecule has 2 aromatic carbocycles. The number of benzene rings is 2. The molecule has 0 aliphatic carbocycles. The highest BCUT2D eigenvalue weighted by Crippen LogP contribution is 2.28. The third-order valence-corrected chi connectivity index (χ3v) is 4.75. The third-order valence-electron chi connectivity index (χ3n) is 4.01. The molecule has 4 nitrogen and oxygen atoms in total. The van der Waals surface area contributed by atoms with Crippen LogP contribution in [0, 0.1) is 0 Å². The van der Waals surface area contributed by atoms with E-state index in [1.54, 1.807) is 30.3 Å². The molecule has 1 atom stereocenters. The number of halogens is 2. The summed E-state index contributed by atoms with van der Waals surface area (Å²) in [6.07, 6.45) is 1.01. The van der Waals surface area contributed by atoms with Crippen LogP contribution < -0.4 is 10.2 Å². The Balaban J connectivity index is 1.79. The second kappa shape index (κ2) is 6.83. The lowest BCUT2D eigenvalue weighted by atomic mass is 10.1. The highest BCUT2D eigenvalue weighted by atomic mass is 35.5. The summed E-state index contributed by atoms with van der Waals surface area (Å²) in [4.78, 5) is 26.1. The zero-order chi connectivity index (χ0) is 17.3. The van der Waals surface area contributed by atoms with Gasteiger partial charge in [-0.3, -0.25) is 9.59 Å². The molecule has 0 spiro atoms. The summed E-state index contributed by atoms with van der Waals surface area (Å²) in [5, 5.41) is 3.89. The first-order valence-corrected chi connectivity index (χ1v) is 8.42. The lowest BCUT2D eigenvalue weighted by Gasteiger charge is -2.16. The quantitative estimate of drug-likeness (QED) is 0.824. The Hall–Kier alpha value is -2.04. The van der Waals surface area contributed by atoms with Crippen molar-refractivity contribution < 1.29 is 9.59 Å². The number of carbonyl (C=O) groups is 2. The van der Waals surface area contributed by atoms with Gasteiger partial charge >= 0.3 is 0 Å². The number of hydrogen-bond acceptors (Lipinski definition) is 3. The van der Waals surface area contributed by atoms with Crippen molar-refractivity contribution in [3.8, 4) is 0 Å². The molecular formula is C18H16Cl2N2O2. The minimum atomic E-state index is -0.611. The van der Waals surface area contributed by atoms with Gasteiger partial charge in [0.2, 0.25) is 5.91 Å². The smallest absolute Gasteiger partial charge is 0.256 e. The molecule has 1 N–H and O–H groups in total. The summed E-state index contributed by atoms with van der Waals surface area (Å²) in [7, 11) is 0. The summed E-state index contributed by atoms with van der Waals surface area (Å²) >= 11 is 11.9. The van der Waals surface area contributed by atoms with Crippen LogP contribution in [0.5, 0.6) is 0 Å². The monoisotopic (exact) mass is 362 g/mol. The average Bonchev–Trinajstić information content (AvgIpc) is 2.85. The average molecular weight is 363 g/mol. The Morgan fingerprint density at radius 1 is 1.08 bits per heavy atom. The lowest BCUT2D eigenvalue weighted by molar-refractivity contribution is -0.121. The van der Waals surface area contributed by atoms with Crippen molar-refractivity contribution in [1.82, 2.24) is 0 Å². The molecule has 24 heavy (non-hydrogen) atoms. The van der Waals surface area contributed by atoms with E-state index in [1.165, 1.54) is 4.90 Å². The zero-order valence-corrected chi connectivity index (χ0v) is 14.6. The predicted molar refractivity (Wildman–Crippen MR) is 96.8 cm³/mol. The van der Waals surface area contributed by atoms with Crippen LogP contribution >= 0.6 is 23.2 Å². The van der Waals surface area contributed by atoms with Gasteiger partial charge in [0.25, 0.3) is 5.91 Å². The first-order chi connectivity index (χ1) is 11.5. The van der Waals surface area contributed by atoms with Crippen molar-refractivity contribution in [2.45, 2.75) is 25.8 Å². The molecule has 1 heterocycles. The second-order valence-corrected chi connectivity index (χ2v) is 6.43. The summed E-state index contributed by atoms with van der Waals surface area (Å²) < 4.78 is 0. The largest absolute Gasteiger partial charge is 0.373 e. The highest BCUT2D eigenvalue weighted by Gasteiger charge is 2.39. The molecule has 124 valence electrons. The van der Waals surface area contributed by atoms with E-state index in [4.69, 9.17) is 23.2 Å². The van der Waals surface area contributed by atoms with Gasteiger partial charge in [0.05, 0.1) is 22.2 Å². The SMILES string of the molecule is CCc1ccc(N2C(=O)CC(Nc3ccc(Cl)c(Cl)c3)C2=O)cc1. The van der Waals surface area contributed by atoms with Gasteiger partial charge in [-0.25, -0.2) is 4.90 Å². The minimum absolute atomic E-state index is 0.106. The number of amides is 2. The molecule has 2 aromatic rings. The van der Waals surface area contributed by atoms with Gasteiger partial charge in [-0.1, -0.05) is 42.3 Å². The van der Waals surface area contributed by atoms with Crippen LogP contribution in [-0.2, 0) is 16.0 Å². The molecule has 0 radical (unpaired) electrons. The molecule has 3 rings (SSSR count). The molecule has 1 saturated heterocycles. The fraction of sp³-hybridized carbons (Fsp3) is 0.222. The number of rotatable bonds is 4. The van der Waals surface area contributed by atoms with Gasteiger partial charge in [0.1, 0.15) is 6.04 Å². The van der Waals surface area contributed by atoms with E-state index in [-0.39, 0.29) is 18.2 Å². The number of nitrogens with one attached hydrogen (secondary N) is 1. The van der Waals surface area contributed by atoms with Gasteiger partial charge in [-0.05, 0) is 42.3 Å². The van der Waals surface area contributed by atoms with Crippen molar-refractivity contribution in [3.63, 3.8) is 0 Å². The van der Waals surface area contributed by atoms with Crippen molar-refractivity contribution >= 4 is 46.4 Å². The number of anilines is 2. The van der Waals surface area contributed by atoms with Gasteiger partial charge < -0.3 is 5.32 Å². The fourth-order valence-corrected chi connectivity index (χ4v) is 2.98. The maximum absolute atomic E-state index is 12.6. The lowest BCUT2D eigenvalue weighted by Crippen LogP contribution is -2.34. The van der Waals surface area contributed by atoms with Crippen molar-refractivity contribution in [1.29, 1.82) is 0 Å². The first kappa shape index (κ1) is 16.8. The third kappa shape index (κ3) is 3.25. The first-order valence-electron chi connectivity index (χ1n) is 7.67. The summed E-state index contributed by atoms with van der Waals surface area (Å²) in [6, 6.07) is 11.9. The molecule has 1 aliphatic rings. The van der Waals surface area contributed by atoms with Crippen molar-refractivity contribution in [3.05, 3.63) is 58.1 Å². The summed E-state index contributed by atoms with van der Waals surface area (Å²) in [5.74, 6) is -0.489. The van der Waals surface area contributed by atoms with Crippen LogP contribution in [0.15, 0.2) is 42.5 Å². The molecule has 1 aliphatic heterocycles. The molecule has 0 saturated carbocycles. The van der Waals surface area contributed by atoms with E-state index in [2.05, 4.69) is 12.2 Å². The Kier molecular flexibility index (Phi) is 4.78. The Bertz CT molecular complexity index is 790. The van der Waals surface area contributed by atoms with E-state index in [9.17, 15) is 9.59 Å². The second-order valence-electron chi connectivity index (χ2n) is 5.62. The van der Waals surface area contributed by atoms with Crippen LogP contribution in [0.2, 0.25) is 10.0 Å². The van der Waals surface area contributed by atoms with Gasteiger partial charge in [-0.15, -0.1) is 0 Å². The van der Waals surface area contributed by atoms with Gasteiger partial charge in [0, 0.05) is 5.69 Å². The van der Waals surface area contributed by atoms with E-state index in [1.807, 2.05) is 12.1 Å². The van der Waals surface area contributed by atoms with Crippen LogP contribution in [0.1, 0.15) is 18.9 Å². The van der Waals surface area contributed by atoms with Crippen LogP contribution in [0.3, 0.4) is 0 Å². The Labute approximate surface area is 150 Å². The number of hydrogen-bond donors (Lipinski definition) is 1. The Morgan fingerprint density at radius 2 is 1.79 bits per heavy atom. The Morgan fingerprint density at radius 3 is 2.42 bits per heavy atom. The standard InChI is InChI=1S/C18H16Cl2N2O2/c1-2-11-3-6-13(7-4-11)22-17(23)10-16(18(22)24)21-12-5-8-14(19)15(20)9-12/h3-9,16,21H,2,10H2,1H3. The zero-order valence-electron chi connectivity index (χ0n) is 13.1. The molecule has 1 unspecified atom stereocenters. The van der Waals surface area contributed by atoms with Gasteiger partial charge in [-0.2, -0.15) is 0 Å². The van der Waals surface area contributed by atoms with Crippen molar-refractivity contribution in [2.75, 3.05) is 10.2 Å². The topological polar surface area (TPSA) is 49.4 Å². The molecule has 6 heteroatoms. The summed E-state index contributed by atoms with van der Waals surface area (Å²) in [6.45, 7) is 2.05. The van der Waals surface area contributed by atoms with E-state index < -0.39 is 6.04 Å². The molecular weight excluding hydrogens is 347 g/mol.